The molecular formula is C27H23FN8OS. The SMILES string of the molecule is Cc1ccc(-c2nccc3[nH]c(-c4n[nH]c5cnc(-c6cncc(NC(=O)CC(C)C)c6)c(F)c45)nc23)s1. The molecule has 6 aromatic rings. The van der Waals surface area contributed by atoms with Crippen LogP contribution < -0.4 is 5.32 Å². The van der Waals surface area contributed by atoms with Gasteiger partial charge in [-0.05, 0) is 37.1 Å². The van der Waals surface area contributed by atoms with Gasteiger partial charge in [0.05, 0.1) is 39.4 Å². The van der Waals surface area contributed by atoms with Gasteiger partial charge in [0.25, 0.3) is 0 Å². The van der Waals surface area contributed by atoms with Crippen LogP contribution in [0.15, 0.2) is 49.1 Å². The molecule has 3 N–H and O–H groups in total. The minimum atomic E-state index is -0.564. The van der Waals surface area contributed by atoms with Gasteiger partial charge in [-0.1, -0.05) is 13.8 Å². The topological polar surface area (TPSA) is 125 Å². The zero-order valence-corrected chi connectivity index (χ0v) is 21.7. The minimum Gasteiger partial charge on any atom is -0.336 e. The molecule has 0 aliphatic carbocycles. The zero-order chi connectivity index (χ0) is 26.4. The van der Waals surface area contributed by atoms with E-state index in [4.69, 9.17) is 4.98 Å². The lowest BCUT2D eigenvalue weighted by Crippen LogP contribution is -2.14. The highest BCUT2D eigenvalue weighted by Gasteiger charge is 2.22. The predicted molar refractivity (Wildman–Crippen MR) is 146 cm³/mol. The summed E-state index contributed by atoms with van der Waals surface area (Å²) in [5.41, 5.74) is 3.99. The molecule has 0 aliphatic heterocycles. The van der Waals surface area contributed by atoms with Gasteiger partial charge in [-0.2, -0.15) is 5.10 Å². The zero-order valence-electron chi connectivity index (χ0n) is 20.8. The Morgan fingerprint density at radius 3 is 2.74 bits per heavy atom. The third-order valence-corrected chi connectivity index (χ3v) is 7.04. The number of thiophene rings is 1. The van der Waals surface area contributed by atoms with Gasteiger partial charge in [-0.25, -0.2) is 9.37 Å². The average Bonchev–Trinajstić information content (AvgIpc) is 3.61. The molecule has 6 rings (SSSR count). The molecule has 9 nitrogen and oxygen atoms in total. The Kier molecular flexibility index (Phi) is 5.91. The number of hydrogen-bond acceptors (Lipinski definition) is 7. The molecule has 0 saturated carbocycles. The maximum atomic E-state index is 16.0. The summed E-state index contributed by atoms with van der Waals surface area (Å²) in [6.07, 6.45) is 6.66. The number of aromatic amines is 2. The van der Waals surface area contributed by atoms with Crippen molar-refractivity contribution in [3.05, 3.63) is 59.7 Å². The van der Waals surface area contributed by atoms with Crippen LogP contribution in [-0.2, 0) is 4.79 Å². The fraction of sp³-hybridized carbons (Fsp3) is 0.185. The van der Waals surface area contributed by atoms with Gasteiger partial charge in [0.15, 0.2) is 11.6 Å². The number of carbonyl (C=O) groups is 1. The number of amides is 1. The van der Waals surface area contributed by atoms with Crippen LogP contribution in [0.25, 0.3) is 55.3 Å². The first-order valence-electron chi connectivity index (χ1n) is 12.1. The maximum Gasteiger partial charge on any atom is 0.224 e. The van der Waals surface area contributed by atoms with E-state index in [2.05, 4.69) is 35.5 Å². The first kappa shape index (κ1) is 23.9. The third-order valence-electron chi connectivity index (χ3n) is 6.03. The highest BCUT2D eigenvalue weighted by molar-refractivity contribution is 7.15. The summed E-state index contributed by atoms with van der Waals surface area (Å²) in [5, 5.41) is 10.3. The molecule has 1 amide bonds. The van der Waals surface area contributed by atoms with E-state index in [0.717, 1.165) is 16.1 Å². The number of imidazole rings is 1. The Labute approximate surface area is 220 Å². The summed E-state index contributed by atoms with van der Waals surface area (Å²) in [7, 11) is 0. The second kappa shape index (κ2) is 9.42. The molecule has 0 atom stereocenters. The number of H-pyrrole nitrogens is 2. The van der Waals surface area contributed by atoms with Gasteiger partial charge in [0, 0.05) is 29.3 Å². The minimum absolute atomic E-state index is 0.0973. The Hall–Kier alpha value is -4.51. The van der Waals surface area contributed by atoms with Crippen molar-refractivity contribution >= 4 is 44.9 Å². The van der Waals surface area contributed by atoms with E-state index in [9.17, 15) is 4.79 Å². The van der Waals surface area contributed by atoms with Gasteiger partial charge in [0.2, 0.25) is 5.91 Å². The number of halogens is 1. The molecule has 38 heavy (non-hydrogen) atoms. The van der Waals surface area contributed by atoms with E-state index in [1.807, 2.05) is 39.0 Å². The molecule has 0 aromatic carbocycles. The van der Waals surface area contributed by atoms with Crippen molar-refractivity contribution in [2.24, 2.45) is 5.92 Å². The van der Waals surface area contributed by atoms with E-state index >= 15 is 4.39 Å². The molecule has 0 bridgehead atoms. The van der Waals surface area contributed by atoms with Gasteiger partial charge < -0.3 is 10.3 Å². The molecule has 0 saturated heterocycles. The summed E-state index contributed by atoms with van der Waals surface area (Å²) < 4.78 is 16.0. The number of pyridine rings is 3. The lowest BCUT2D eigenvalue weighted by atomic mass is 10.1. The molecule has 0 unspecified atom stereocenters. The molecule has 6 aromatic heterocycles. The number of anilines is 1. The highest BCUT2D eigenvalue weighted by atomic mass is 32.1. The maximum absolute atomic E-state index is 16.0. The molecule has 0 fully saturated rings. The van der Waals surface area contributed by atoms with E-state index in [1.54, 1.807) is 23.6 Å². The van der Waals surface area contributed by atoms with Gasteiger partial charge in [0.1, 0.15) is 22.6 Å². The Balaban J connectivity index is 1.42. The number of rotatable bonds is 6. The highest BCUT2D eigenvalue weighted by Crippen LogP contribution is 2.35. The number of aromatic nitrogens is 7. The summed E-state index contributed by atoms with van der Waals surface area (Å²) in [6.45, 7) is 5.97. The summed E-state index contributed by atoms with van der Waals surface area (Å²) in [6, 6.07) is 7.55. The largest absolute Gasteiger partial charge is 0.336 e. The third kappa shape index (κ3) is 4.30. The van der Waals surface area contributed by atoms with Crippen LogP contribution in [0.3, 0.4) is 0 Å². The van der Waals surface area contributed by atoms with Crippen LogP contribution in [0, 0.1) is 18.7 Å². The van der Waals surface area contributed by atoms with Crippen LogP contribution in [0.5, 0.6) is 0 Å². The smallest absolute Gasteiger partial charge is 0.224 e. The van der Waals surface area contributed by atoms with Crippen molar-refractivity contribution in [3.63, 3.8) is 0 Å². The van der Waals surface area contributed by atoms with E-state index < -0.39 is 5.82 Å². The van der Waals surface area contributed by atoms with Gasteiger partial charge in [-0.15, -0.1) is 11.3 Å². The first-order valence-corrected chi connectivity index (χ1v) is 12.9. The quantitative estimate of drug-likeness (QED) is 0.240. The molecule has 6 heterocycles. The first-order chi connectivity index (χ1) is 18.4. The molecule has 190 valence electrons. The number of fused-ring (bicyclic) bond motifs is 2. The van der Waals surface area contributed by atoms with Crippen molar-refractivity contribution in [1.82, 2.24) is 35.1 Å². The number of hydrogen-bond donors (Lipinski definition) is 3. The van der Waals surface area contributed by atoms with Crippen molar-refractivity contribution in [2.45, 2.75) is 27.2 Å². The van der Waals surface area contributed by atoms with Crippen LogP contribution in [-0.4, -0.2) is 41.0 Å². The fourth-order valence-corrected chi connectivity index (χ4v) is 5.22. The molecule has 11 heteroatoms. The fourth-order valence-electron chi connectivity index (χ4n) is 4.36. The Bertz CT molecular complexity index is 1820. The van der Waals surface area contributed by atoms with Crippen molar-refractivity contribution < 1.29 is 9.18 Å². The van der Waals surface area contributed by atoms with Crippen LogP contribution >= 0.6 is 11.3 Å². The lowest BCUT2D eigenvalue weighted by molar-refractivity contribution is -0.116. The number of nitrogens with one attached hydrogen (secondary N) is 3. The van der Waals surface area contributed by atoms with Gasteiger partial charge >= 0.3 is 0 Å². The van der Waals surface area contributed by atoms with Crippen LogP contribution in [0.4, 0.5) is 10.1 Å². The van der Waals surface area contributed by atoms with Crippen LogP contribution in [0.1, 0.15) is 25.1 Å². The van der Waals surface area contributed by atoms with E-state index in [0.29, 0.717) is 40.2 Å². The van der Waals surface area contributed by atoms with E-state index in [-0.39, 0.29) is 22.9 Å². The van der Waals surface area contributed by atoms with Crippen molar-refractivity contribution in [2.75, 3.05) is 5.32 Å². The number of carbonyl (C=O) groups excluding carboxylic acids is 1. The summed E-state index contributed by atoms with van der Waals surface area (Å²) in [4.78, 5) is 35.5. The summed E-state index contributed by atoms with van der Waals surface area (Å²) >= 11 is 1.64. The summed E-state index contributed by atoms with van der Waals surface area (Å²) in [5.74, 6) is -0.0628. The molecule has 0 spiro atoms. The number of nitrogens with zero attached hydrogens (tertiary/aromatic N) is 5. The van der Waals surface area contributed by atoms with E-state index in [1.165, 1.54) is 23.5 Å². The average molecular weight is 527 g/mol. The lowest BCUT2D eigenvalue weighted by Gasteiger charge is -2.09. The number of aryl methyl sites for hydroxylation is 1. The van der Waals surface area contributed by atoms with Crippen LogP contribution in [0.2, 0.25) is 0 Å². The normalized spacial score (nSPS) is 11.6. The monoisotopic (exact) mass is 526 g/mol. The Morgan fingerprint density at radius 1 is 1.08 bits per heavy atom. The van der Waals surface area contributed by atoms with Crippen molar-refractivity contribution in [1.29, 1.82) is 0 Å². The predicted octanol–water partition coefficient (Wildman–Crippen LogP) is 6.12. The standard InChI is InChI=1S/C27H23FN8OS/c1-13(2)8-20(37)32-16-9-15(10-29-11-16)23-22(28)21-18(12-31-23)35-36-26(21)27-33-17-6-7-30-25(24(17)34-27)19-5-4-14(3)38-19/h4-7,9-13H,8H2,1-3H3,(H,32,37)(H,33,34)(H,35,36). The van der Waals surface area contributed by atoms with Crippen molar-refractivity contribution in [3.8, 4) is 33.3 Å². The molecule has 0 aliphatic rings. The molecular weight excluding hydrogens is 503 g/mol. The van der Waals surface area contributed by atoms with Gasteiger partial charge in [-0.3, -0.25) is 24.8 Å². The Morgan fingerprint density at radius 2 is 1.95 bits per heavy atom. The second-order valence-corrected chi connectivity index (χ2v) is 10.7. The molecule has 0 radical (unpaired) electrons. The second-order valence-electron chi connectivity index (χ2n) is 9.44.